The van der Waals surface area contributed by atoms with E-state index < -0.39 is 0 Å². The highest BCUT2D eigenvalue weighted by Crippen LogP contribution is 2.36. The Labute approximate surface area is 133 Å². The lowest BCUT2D eigenvalue weighted by Gasteiger charge is -2.35. The summed E-state index contributed by atoms with van der Waals surface area (Å²) in [6.45, 7) is 3.14. The van der Waals surface area contributed by atoms with E-state index in [2.05, 4.69) is 17.3 Å². The predicted molar refractivity (Wildman–Crippen MR) is 86.6 cm³/mol. The van der Waals surface area contributed by atoms with E-state index in [1.165, 1.54) is 32.1 Å². The number of hydrogen-bond acceptors (Lipinski definition) is 3. The van der Waals surface area contributed by atoms with Crippen molar-refractivity contribution < 1.29 is 4.74 Å². The number of rotatable bonds is 7. The molecule has 0 aromatic carbocycles. The average molecular weight is 314 g/mol. The molecule has 5 heteroatoms. The molecule has 1 aromatic heterocycles. The van der Waals surface area contributed by atoms with Crippen molar-refractivity contribution in [3.05, 3.63) is 16.9 Å². The van der Waals surface area contributed by atoms with E-state index in [0.29, 0.717) is 5.92 Å². The fourth-order valence-electron chi connectivity index (χ4n) is 3.50. The summed E-state index contributed by atoms with van der Waals surface area (Å²) in [5.74, 6) is 0.601. The second-order valence-corrected chi connectivity index (χ2v) is 6.44. The van der Waals surface area contributed by atoms with Crippen LogP contribution in [0.3, 0.4) is 0 Å². The molecule has 2 unspecified atom stereocenters. The smallest absolute Gasteiger partial charge is 0.0835 e. The molecule has 1 N–H and O–H groups in total. The lowest BCUT2D eigenvalue weighted by Crippen LogP contribution is -2.40. The Hall–Kier alpha value is -0.580. The molecule has 2 rings (SSSR count). The van der Waals surface area contributed by atoms with Crippen LogP contribution in [0.5, 0.6) is 0 Å². The van der Waals surface area contributed by atoms with E-state index in [9.17, 15) is 0 Å². The van der Waals surface area contributed by atoms with Gasteiger partial charge in [0.25, 0.3) is 0 Å². The zero-order valence-electron chi connectivity index (χ0n) is 13.4. The van der Waals surface area contributed by atoms with Crippen LogP contribution in [0, 0.1) is 5.92 Å². The predicted octanol–water partition coefficient (Wildman–Crippen LogP) is 3.71. The molecule has 0 spiro atoms. The van der Waals surface area contributed by atoms with Gasteiger partial charge in [-0.3, -0.25) is 4.68 Å². The van der Waals surface area contributed by atoms with E-state index in [1.54, 1.807) is 6.20 Å². The zero-order valence-corrected chi connectivity index (χ0v) is 14.2. The second-order valence-electron chi connectivity index (χ2n) is 6.03. The molecule has 0 bridgehead atoms. The molecule has 4 nitrogen and oxygen atoms in total. The summed E-state index contributed by atoms with van der Waals surface area (Å²) in [5, 5.41) is 8.65. The summed E-state index contributed by atoms with van der Waals surface area (Å²) < 4.78 is 7.80. The van der Waals surface area contributed by atoms with Crippen LogP contribution in [-0.4, -0.2) is 29.5 Å². The highest BCUT2D eigenvalue weighted by molar-refractivity contribution is 6.31. The van der Waals surface area contributed by atoms with Crippen LogP contribution in [0.4, 0.5) is 0 Å². The molecular formula is C16H28ClN3O. The van der Waals surface area contributed by atoms with E-state index in [1.807, 2.05) is 18.8 Å². The molecule has 1 saturated carbocycles. The van der Waals surface area contributed by atoms with Gasteiger partial charge in [-0.15, -0.1) is 0 Å². The molecule has 1 fully saturated rings. The minimum Gasteiger partial charge on any atom is -0.379 e. The number of nitrogens with zero attached hydrogens (tertiary/aromatic N) is 2. The summed E-state index contributed by atoms with van der Waals surface area (Å²) >= 11 is 6.38. The van der Waals surface area contributed by atoms with Gasteiger partial charge in [0, 0.05) is 14.2 Å². The molecule has 21 heavy (non-hydrogen) atoms. The van der Waals surface area contributed by atoms with Crippen molar-refractivity contribution in [3.63, 3.8) is 0 Å². The number of methoxy groups -OCH3 is 1. The van der Waals surface area contributed by atoms with Crippen LogP contribution in [0.2, 0.25) is 5.02 Å². The highest BCUT2D eigenvalue weighted by Gasteiger charge is 2.34. The fourth-order valence-corrected chi connectivity index (χ4v) is 3.79. The normalized spacial score (nSPS) is 19.6. The third-order valence-corrected chi connectivity index (χ3v) is 4.85. The van der Waals surface area contributed by atoms with Gasteiger partial charge in [-0.1, -0.05) is 37.8 Å². The van der Waals surface area contributed by atoms with E-state index in [4.69, 9.17) is 16.3 Å². The van der Waals surface area contributed by atoms with E-state index in [-0.39, 0.29) is 12.1 Å². The third kappa shape index (κ3) is 3.99. The third-order valence-electron chi connectivity index (χ3n) is 4.56. The van der Waals surface area contributed by atoms with Crippen molar-refractivity contribution in [2.24, 2.45) is 13.0 Å². The number of halogens is 1. The molecule has 0 amide bonds. The van der Waals surface area contributed by atoms with Crippen LogP contribution >= 0.6 is 11.6 Å². The van der Waals surface area contributed by atoms with Gasteiger partial charge in [0.1, 0.15) is 0 Å². The van der Waals surface area contributed by atoms with Crippen LogP contribution in [0.1, 0.15) is 57.2 Å². The van der Waals surface area contributed by atoms with Crippen molar-refractivity contribution in [1.29, 1.82) is 0 Å². The number of hydrogen-bond donors (Lipinski definition) is 1. The van der Waals surface area contributed by atoms with Crippen molar-refractivity contribution in [3.8, 4) is 0 Å². The Bertz CT molecular complexity index is 410. The molecular weight excluding hydrogens is 286 g/mol. The van der Waals surface area contributed by atoms with Crippen molar-refractivity contribution in [2.45, 2.75) is 57.6 Å². The maximum atomic E-state index is 6.38. The SMILES string of the molecule is CCCNC(c1c(Cl)cnn1C)C(OC)C1CCCCC1. The zero-order chi connectivity index (χ0) is 15.2. The van der Waals surface area contributed by atoms with Gasteiger partial charge in [0.2, 0.25) is 0 Å². The lowest BCUT2D eigenvalue weighted by molar-refractivity contribution is 0.00564. The first-order chi connectivity index (χ1) is 10.2. The molecule has 0 aliphatic heterocycles. The maximum Gasteiger partial charge on any atom is 0.0835 e. The summed E-state index contributed by atoms with van der Waals surface area (Å²) in [6, 6.07) is 0.109. The Balaban J connectivity index is 2.24. The van der Waals surface area contributed by atoms with Crippen LogP contribution in [0.15, 0.2) is 6.20 Å². The minimum atomic E-state index is 0.109. The molecule has 2 atom stereocenters. The van der Waals surface area contributed by atoms with Gasteiger partial charge < -0.3 is 10.1 Å². The number of nitrogens with one attached hydrogen (secondary N) is 1. The number of ether oxygens (including phenoxy) is 1. The van der Waals surface area contributed by atoms with Crippen molar-refractivity contribution in [1.82, 2.24) is 15.1 Å². The Morgan fingerprint density at radius 2 is 2.14 bits per heavy atom. The van der Waals surface area contributed by atoms with E-state index >= 15 is 0 Å². The molecule has 1 heterocycles. The topological polar surface area (TPSA) is 39.1 Å². The summed E-state index contributed by atoms with van der Waals surface area (Å²) in [6.07, 6.45) is 9.44. The van der Waals surface area contributed by atoms with Gasteiger partial charge in [-0.05, 0) is 31.7 Å². The maximum absolute atomic E-state index is 6.38. The monoisotopic (exact) mass is 313 g/mol. The molecule has 0 radical (unpaired) electrons. The second kappa shape index (κ2) is 8.16. The van der Waals surface area contributed by atoms with Crippen LogP contribution in [0.25, 0.3) is 0 Å². The Morgan fingerprint density at radius 3 is 2.67 bits per heavy atom. The van der Waals surface area contributed by atoms with Gasteiger partial charge >= 0.3 is 0 Å². The fraction of sp³-hybridized carbons (Fsp3) is 0.812. The summed E-state index contributed by atoms with van der Waals surface area (Å²) in [4.78, 5) is 0. The van der Waals surface area contributed by atoms with Gasteiger partial charge in [-0.25, -0.2) is 0 Å². The molecule has 1 aliphatic carbocycles. The van der Waals surface area contributed by atoms with Gasteiger partial charge in [0.05, 0.1) is 29.1 Å². The average Bonchev–Trinajstić information content (AvgIpc) is 2.84. The largest absolute Gasteiger partial charge is 0.379 e. The van der Waals surface area contributed by atoms with E-state index in [0.717, 1.165) is 23.7 Å². The first-order valence-corrected chi connectivity index (χ1v) is 8.50. The summed E-state index contributed by atoms with van der Waals surface area (Å²) in [7, 11) is 3.78. The van der Waals surface area contributed by atoms with Crippen molar-refractivity contribution >= 4 is 11.6 Å². The molecule has 1 aliphatic rings. The van der Waals surface area contributed by atoms with Gasteiger partial charge in [0.15, 0.2) is 0 Å². The van der Waals surface area contributed by atoms with Gasteiger partial charge in [-0.2, -0.15) is 5.10 Å². The number of aromatic nitrogens is 2. The van der Waals surface area contributed by atoms with Crippen LogP contribution < -0.4 is 5.32 Å². The van der Waals surface area contributed by atoms with Crippen LogP contribution in [-0.2, 0) is 11.8 Å². The Morgan fingerprint density at radius 1 is 1.43 bits per heavy atom. The lowest BCUT2D eigenvalue weighted by atomic mass is 9.81. The first kappa shape index (κ1) is 16.8. The molecule has 120 valence electrons. The summed E-state index contributed by atoms with van der Waals surface area (Å²) in [5.41, 5.74) is 1.04. The molecule has 0 saturated heterocycles. The molecule has 1 aromatic rings. The van der Waals surface area contributed by atoms with Crippen molar-refractivity contribution in [2.75, 3.05) is 13.7 Å². The quantitative estimate of drug-likeness (QED) is 0.834. The number of aryl methyl sites for hydroxylation is 1. The highest BCUT2D eigenvalue weighted by atomic mass is 35.5. The first-order valence-electron chi connectivity index (χ1n) is 8.12. The minimum absolute atomic E-state index is 0.109. The standard InChI is InChI=1S/C16H28ClN3O/c1-4-10-18-14(15-13(17)11-19-20(15)2)16(21-3)12-8-6-5-7-9-12/h11-12,14,16,18H,4-10H2,1-3H3. The Kier molecular flexibility index (Phi) is 6.52.